The minimum Gasteiger partial charge on any atom is -1.00 e. The Hall–Kier alpha value is 0.739. The van der Waals surface area contributed by atoms with Crippen LogP contribution in [0.25, 0.3) is 0 Å². The van der Waals surface area contributed by atoms with Crippen molar-refractivity contribution in [2.75, 3.05) is 79.3 Å². The molecule has 1 fully saturated rings. The number of rotatable bonds is 0. The molecule has 2 rings (SSSR count). The van der Waals surface area contributed by atoms with Crippen LogP contribution in [0.2, 0.25) is 0 Å². The molecule has 1 aromatic carbocycles. The van der Waals surface area contributed by atoms with Crippen LogP contribution in [-0.2, 0) is 28.4 Å². The maximum atomic E-state index is 5.45. The molecule has 1 saturated heterocycles. The van der Waals surface area contributed by atoms with Crippen molar-refractivity contribution in [1.82, 2.24) is 0 Å². The summed E-state index contributed by atoms with van der Waals surface area (Å²) >= 11 is 0. The van der Waals surface area contributed by atoms with Crippen LogP contribution < -0.4 is 34.0 Å². The van der Waals surface area contributed by atoms with Crippen LogP contribution in [0.4, 0.5) is 0 Å². The average molecular weight is 647 g/mol. The fourth-order valence-corrected chi connectivity index (χ4v) is 1.89. The first kappa shape index (κ1) is 34.4. The zero-order valence-electron chi connectivity index (χ0n) is 16.9. The summed E-state index contributed by atoms with van der Waals surface area (Å²) in [5, 5.41) is 0. The first-order chi connectivity index (χ1) is 12.9. The van der Waals surface area contributed by atoms with Gasteiger partial charge in [-0.1, -0.05) is 0 Å². The Morgan fingerprint density at radius 2 is 0.862 bits per heavy atom. The first-order valence-electron chi connectivity index (χ1n) is 9.10. The molecule has 166 valence electrons. The molecule has 0 N–H and O–H groups in total. The number of hydrogen-bond acceptors (Lipinski definition) is 6. The van der Waals surface area contributed by atoms with E-state index in [9.17, 15) is 0 Å². The number of ether oxygens (including phenoxy) is 6. The second-order valence-electron chi connectivity index (χ2n) is 5.54. The number of benzene rings is 1. The molecular weight excluding hydrogens is 615 g/mol. The van der Waals surface area contributed by atoms with Crippen LogP contribution in [0.1, 0.15) is 0 Å². The fraction of sp³-hybridized carbons (Fsp3) is 0.650. The summed E-state index contributed by atoms with van der Waals surface area (Å²) in [4.78, 5) is 0. The van der Waals surface area contributed by atoms with Crippen LogP contribution in [0.15, 0.2) is 30.3 Å². The molecule has 1 aromatic rings. The van der Waals surface area contributed by atoms with E-state index in [4.69, 9.17) is 28.4 Å². The van der Waals surface area contributed by atoms with Gasteiger partial charge in [0.2, 0.25) is 0 Å². The van der Waals surface area contributed by atoms with E-state index < -0.39 is 0 Å². The second-order valence-corrected chi connectivity index (χ2v) is 5.54. The van der Waals surface area contributed by atoms with Gasteiger partial charge in [0.25, 0.3) is 0 Å². The Bertz CT molecular complexity index is 346. The standard InChI is InChI=1S/C14H27O6.C6H5.2BrH.Sn/c1-14-12-19-10-8-17-6-4-15-2-3-16-5-7-18-9-11-20-13-14;1-2-4-6-5-3-1;;;/h14H,1-13H2;1-5H;2*1H;/q2*-1;;;+4/p-2. The Morgan fingerprint density at radius 3 is 1.10 bits per heavy atom. The zero-order chi connectivity index (χ0) is 18.5. The molecule has 9 heteroatoms. The summed E-state index contributed by atoms with van der Waals surface area (Å²) in [6.07, 6.45) is 0. The molecule has 29 heavy (non-hydrogen) atoms. The molecule has 0 aliphatic carbocycles. The van der Waals surface area contributed by atoms with Crippen molar-refractivity contribution in [3.05, 3.63) is 43.3 Å². The van der Waals surface area contributed by atoms with Crippen molar-refractivity contribution in [1.29, 1.82) is 0 Å². The molecule has 0 radical (unpaired) electrons. The first-order valence-corrected chi connectivity index (χ1v) is 9.10. The van der Waals surface area contributed by atoms with Gasteiger partial charge in [0, 0.05) is 13.2 Å². The molecular formula is C20H32Br2O6Sn. The Labute approximate surface area is 213 Å². The maximum Gasteiger partial charge on any atom is 4.00 e. The molecule has 1 aliphatic rings. The van der Waals surface area contributed by atoms with Crippen molar-refractivity contribution in [3.8, 4) is 0 Å². The number of hydrogen-bond donors (Lipinski definition) is 0. The predicted molar refractivity (Wildman–Crippen MR) is 105 cm³/mol. The van der Waals surface area contributed by atoms with E-state index in [1.165, 1.54) is 0 Å². The molecule has 0 atom stereocenters. The quantitative estimate of drug-likeness (QED) is 0.210. The minimum atomic E-state index is 0. The van der Waals surface area contributed by atoms with Crippen molar-refractivity contribution in [2.24, 2.45) is 5.92 Å². The third-order valence-corrected chi connectivity index (χ3v) is 3.17. The van der Waals surface area contributed by atoms with Gasteiger partial charge in [-0.25, -0.2) is 0 Å². The van der Waals surface area contributed by atoms with E-state index in [1.807, 2.05) is 30.3 Å². The third-order valence-electron chi connectivity index (χ3n) is 3.17. The second kappa shape index (κ2) is 28.7. The molecule has 0 bridgehead atoms. The molecule has 0 amide bonds. The Balaban J connectivity index is -0.000000646. The van der Waals surface area contributed by atoms with Crippen LogP contribution in [-0.4, -0.2) is 103 Å². The summed E-state index contributed by atoms with van der Waals surface area (Å²) in [6.45, 7) is 10.8. The molecule has 0 aromatic heterocycles. The van der Waals surface area contributed by atoms with Crippen LogP contribution in [0.5, 0.6) is 0 Å². The SMILES string of the molecule is [Br-].[Br-].[CH2-]C1COCCOCCOCCOCCOCCOC1.[Sn+4].[c-]1ccccc1. The molecule has 0 spiro atoms. The molecule has 6 nitrogen and oxygen atoms in total. The van der Waals surface area contributed by atoms with Crippen molar-refractivity contribution < 1.29 is 62.4 Å². The van der Waals surface area contributed by atoms with E-state index in [-0.39, 0.29) is 63.8 Å². The van der Waals surface area contributed by atoms with Crippen LogP contribution >= 0.6 is 0 Å². The van der Waals surface area contributed by atoms with E-state index in [2.05, 4.69) is 13.0 Å². The summed E-state index contributed by atoms with van der Waals surface area (Å²) in [6, 6.07) is 12.5. The van der Waals surface area contributed by atoms with Crippen molar-refractivity contribution >= 4 is 23.9 Å². The summed E-state index contributed by atoms with van der Waals surface area (Å²) in [5.74, 6) is 0.128. The third kappa shape index (κ3) is 26.7. The van der Waals surface area contributed by atoms with Gasteiger partial charge in [-0.15, -0.1) is 5.92 Å². The fourth-order valence-electron chi connectivity index (χ4n) is 1.89. The smallest absolute Gasteiger partial charge is 1.00 e. The monoisotopic (exact) mass is 646 g/mol. The summed E-state index contributed by atoms with van der Waals surface area (Å²) in [7, 11) is 0. The summed E-state index contributed by atoms with van der Waals surface area (Å²) in [5.41, 5.74) is 0. The van der Waals surface area contributed by atoms with Gasteiger partial charge >= 0.3 is 23.9 Å². The van der Waals surface area contributed by atoms with Gasteiger partial charge in [0.1, 0.15) is 0 Å². The van der Waals surface area contributed by atoms with Gasteiger partial charge in [-0.2, -0.15) is 36.4 Å². The van der Waals surface area contributed by atoms with Gasteiger partial charge < -0.3 is 69.3 Å². The predicted octanol–water partition coefficient (Wildman–Crippen LogP) is -4.34. The van der Waals surface area contributed by atoms with Crippen LogP contribution in [0.3, 0.4) is 0 Å². The van der Waals surface area contributed by atoms with E-state index in [0.717, 1.165) is 0 Å². The van der Waals surface area contributed by atoms with E-state index in [1.54, 1.807) is 0 Å². The van der Waals surface area contributed by atoms with Crippen molar-refractivity contribution in [3.63, 3.8) is 0 Å². The van der Waals surface area contributed by atoms with E-state index >= 15 is 0 Å². The van der Waals surface area contributed by atoms with Gasteiger partial charge in [-0.05, 0) is 0 Å². The maximum absolute atomic E-state index is 5.45. The summed E-state index contributed by atoms with van der Waals surface area (Å²) < 4.78 is 32.4. The number of halogens is 2. The zero-order valence-corrected chi connectivity index (χ0v) is 22.9. The molecule has 0 saturated carbocycles. The Kier molecular flexibility index (Phi) is 34.0. The van der Waals surface area contributed by atoms with Crippen molar-refractivity contribution in [2.45, 2.75) is 0 Å². The van der Waals surface area contributed by atoms with Gasteiger partial charge in [0.15, 0.2) is 0 Å². The molecule has 1 aliphatic heterocycles. The molecule has 1 heterocycles. The Morgan fingerprint density at radius 1 is 0.552 bits per heavy atom. The average Bonchev–Trinajstić information content (AvgIpc) is 2.68. The normalized spacial score (nSPS) is 18.5. The largest absolute Gasteiger partial charge is 4.00 e. The van der Waals surface area contributed by atoms with E-state index in [0.29, 0.717) is 79.3 Å². The van der Waals surface area contributed by atoms with Gasteiger partial charge in [-0.3, -0.25) is 0 Å². The minimum absolute atomic E-state index is 0. The molecule has 0 unspecified atom stereocenters. The topological polar surface area (TPSA) is 55.4 Å². The van der Waals surface area contributed by atoms with Gasteiger partial charge in [0.05, 0.1) is 66.1 Å². The van der Waals surface area contributed by atoms with Crippen LogP contribution in [0, 0.1) is 18.9 Å².